The highest BCUT2D eigenvalue weighted by atomic mass is 127. The Balaban J connectivity index is 2.22. The van der Waals surface area contributed by atoms with Crippen molar-refractivity contribution in [1.29, 1.82) is 0 Å². The largest absolute Gasteiger partial charge is 0.496 e. The number of hydrogen-bond donors (Lipinski definition) is 0. The van der Waals surface area contributed by atoms with Gasteiger partial charge in [-0.05, 0) is 25.3 Å². The van der Waals surface area contributed by atoms with E-state index in [1.54, 1.807) is 7.11 Å². The molecule has 0 heterocycles. The molecule has 1 aromatic carbocycles. The van der Waals surface area contributed by atoms with Crippen LogP contribution >= 0.6 is 22.6 Å². The predicted octanol–water partition coefficient (Wildman–Crippen LogP) is 3.21. The topological polar surface area (TPSA) is 9.23 Å². The van der Waals surface area contributed by atoms with Crippen LogP contribution in [0.25, 0.3) is 0 Å². The minimum Gasteiger partial charge on any atom is -0.496 e. The number of ether oxygens (including phenoxy) is 1. The van der Waals surface area contributed by atoms with Crippen LogP contribution in [0, 0.1) is 29.1 Å². The second-order valence-electron chi connectivity index (χ2n) is 3.02. The molecule has 14 heavy (non-hydrogen) atoms. The molecule has 1 aliphatic carbocycles. The second kappa shape index (κ2) is 4.51. The zero-order chi connectivity index (χ0) is 9.97. The first-order valence-electron chi connectivity index (χ1n) is 4.37. The van der Waals surface area contributed by atoms with E-state index in [1.165, 1.54) is 9.84 Å². The zero-order valence-electron chi connectivity index (χ0n) is 7.83. The van der Waals surface area contributed by atoms with Crippen molar-refractivity contribution in [1.82, 2.24) is 0 Å². The summed E-state index contributed by atoms with van der Waals surface area (Å²) in [5.74, 6) is 2.14. The SMILES string of the molecule is COc1ccccc1[C]1[CH][CH][C](I)[CH]1. The summed E-state index contributed by atoms with van der Waals surface area (Å²) < 4.78 is 6.56. The molecular weight excluding hydrogens is 287 g/mol. The lowest BCUT2D eigenvalue weighted by atomic mass is 9.97. The van der Waals surface area contributed by atoms with E-state index in [1.807, 2.05) is 18.2 Å². The van der Waals surface area contributed by atoms with E-state index in [0.717, 1.165) is 11.3 Å². The molecule has 0 spiro atoms. The molecule has 0 N–H and O–H groups in total. The van der Waals surface area contributed by atoms with Gasteiger partial charge in [0.05, 0.1) is 7.11 Å². The summed E-state index contributed by atoms with van der Waals surface area (Å²) in [6.45, 7) is 0. The molecule has 0 bridgehead atoms. The monoisotopic (exact) mass is 297 g/mol. The lowest BCUT2D eigenvalue weighted by Crippen LogP contribution is -1.98. The maximum atomic E-state index is 5.31. The minimum absolute atomic E-state index is 0.925. The van der Waals surface area contributed by atoms with Gasteiger partial charge in [-0.2, -0.15) is 0 Å². The summed E-state index contributed by atoms with van der Waals surface area (Å²) >= 11 is 2.31. The quantitative estimate of drug-likeness (QED) is 0.762. The third-order valence-corrected chi connectivity index (χ3v) is 2.80. The average Bonchev–Trinajstić information content (AvgIpc) is 2.65. The molecule has 1 fully saturated rings. The first-order chi connectivity index (χ1) is 6.81. The fourth-order valence-corrected chi connectivity index (χ4v) is 1.98. The number of hydrogen-bond acceptors (Lipinski definition) is 1. The molecule has 1 aliphatic rings. The number of para-hydroxylation sites is 1. The predicted molar refractivity (Wildman–Crippen MR) is 65.5 cm³/mol. The second-order valence-corrected chi connectivity index (χ2v) is 4.26. The first kappa shape index (κ1) is 10.3. The van der Waals surface area contributed by atoms with Gasteiger partial charge in [-0.15, -0.1) is 0 Å². The molecule has 1 nitrogen and oxygen atoms in total. The molecule has 2 rings (SSSR count). The zero-order valence-corrected chi connectivity index (χ0v) is 9.99. The molecule has 0 atom stereocenters. The Bertz CT molecular complexity index is 311. The average molecular weight is 297 g/mol. The Labute approximate surface area is 99.0 Å². The highest BCUT2D eigenvalue weighted by Gasteiger charge is 2.27. The van der Waals surface area contributed by atoms with E-state index in [2.05, 4.69) is 47.9 Å². The van der Waals surface area contributed by atoms with Gasteiger partial charge in [0.1, 0.15) is 5.75 Å². The fraction of sp³-hybridized carbons (Fsp3) is 0.0833. The first-order valence-corrected chi connectivity index (χ1v) is 5.45. The van der Waals surface area contributed by atoms with E-state index < -0.39 is 0 Å². The molecule has 0 saturated heterocycles. The van der Waals surface area contributed by atoms with Crippen molar-refractivity contribution in [2.75, 3.05) is 7.11 Å². The Hall–Kier alpha value is -0.250. The number of rotatable bonds is 2. The van der Waals surface area contributed by atoms with Gasteiger partial charge in [0, 0.05) is 15.4 Å². The van der Waals surface area contributed by atoms with Crippen molar-refractivity contribution < 1.29 is 4.74 Å². The lowest BCUT2D eigenvalue weighted by Gasteiger charge is -2.12. The molecule has 2 heteroatoms. The molecule has 0 aromatic heterocycles. The maximum Gasteiger partial charge on any atom is 0.122 e. The van der Waals surface area contributed by atoms with Crippen LogP contribution in [0.1, 0.15) is 5.56 Å². The Morgan fingerprint density at radius 2 is 1.93 bits per heavy atom. The van der Waals surface area contributed by atoms with Gasteiger partial charge >= 0.3 is 0 Å². The van der Waals surface area contributed by atoms with Gasteiger partial charge in [0.15, 0.2) is 0 Å². The van der Waals surface area contributed by atoms with E-state index in [4.69, 9.17) is 4.74 Å². The van der Waals surface area contributed by atoms with Crippen molar-refractivity contribution in [3.05, 3.63) is 58.9 Å². The van der Waals surface area contributed by atoms with Gasteiger partial charge in [0.25, 0.3) is 0 Å². The van der Waals surface area contributed by atoms with Crippen LogP contribution < -0.4 is 4.74 Å². The normalized spacial score (nSPS) is 18.7. The number of methoxy groups -OCH3 is 1. The van der Waals surface area contributed by atoms with Crippen molar-refractivity contribution in [3.8, 4) is 5.75 Å². The molecule has 5 radical (unpaired) electrons. The van der Waals surface area contributed by atoms with Crippen molar-refractivity contribution in [3.63, 3.8) is 0 Å². The number of benzene rings is 1. The smallest absolute Gasteiger partial charge is 0.122 e. The summed E-state index contributed by atoms with van der Waals surface area (Å²) in [6, 6.07) is 8.06. The van der Waals surface area contributed by atoms with Crippen LogP contribution in [-0.4, -0.2) is 7.11 Å². The summed E-state index contributed by atoms with van der Waals surface area (Å²) in [5.41, 5.74) is 1.15. The Morgan fingerprint density at radius 3 is 2.57 bits per heavy atom. The lowest BCUT2D eigenvalue weighted by molar-refractivity contribution is 0.411. The maximum absolute atomic E-state index is 5.31. The number of halogens is 1. The van der Waals surface area contributed by atoms with Crippen molar-refractivity contribution in [2.24, 2.45) is 0 Å². The van der Waals surface area contributed by atoms with Gasteiger partial charge in [-0.25, -0.2) is 0 Å². The summed E-state index contributed by atoms with van der Waals surface area (Å²) in [7, 11) is 1.70. The molecule has 1 aromatic rings. The van der Waals surface area contributed by atoms with Crippen molar-refractivity contribution in [2.45, 2.75) is 0 Å². The molecule has 0 aliphatic heterocycles. The van der Waals surface area contributed by atoms with Crippen LogP contribution in [0.2, 0.25) is 0 Å². The molecule has 1 saturated carbocycles. The highest BCUT2D eigenvalue weighted by Crippen LogP contribution is 2.42. The van der Waals surface area contributed by atoms with Crippen molar-refractivity contribution >= 4 is 22.6 Å². The molecule has 71 valence electrons. The van der Waals surface area contributed by atoms with E-state index >= 15 is 0 Å². The van der Waals surface area contributed by atoms with Crippen LogP contribution in [0.3, 0.4) is 0 Å². The van der Waals surface area contributed by atoms with Crippen LogP contribution in [-0.2, 0) is 0 Å². The molecule has 0 amide bonds. The summed E-state index contributed by atoms with van der Waals surface area (Å²) in [4.78, 5) is 0. The van der Waals surface area contributed by atoms with Crippen LogP contribution in [0.5, 0.6) is 5.75 Å². The standard InChI is InChI=1S/C12H10IO/c1-14-12-5-3-2-4-11(12)9-6-7-10(13)8-9/h2-8H,1H3. The van der Waals surface area contributed by atoms with Crippen LogP contribution in [0.4, 0.5) is 0 Å². The molecular formula is C12H10IO. The molecule has 0 unspecified atom stereocenters. The Kier molecular flexibility index (Phi) is 3.31. The summed E-state index contributed by atoms with van der Waals surface area (Å²) in [6.07, 6.45) is 6.36. The van der Waals surface area contributed by atoms with Gasteiger partial charge in [-0.1, -0.05) is 40.8 Å². The van der Waals surface area contributed by atoms with E-state index in [-0.39, 0.29) is 0 Å². The van der Waals surface area contributed by atoms with E-state index in [9.17, 15) is 0 Å². The Morgan fingerprint density at radius 1 is 1.14 bits per heavy atom. The minimum atomic E-state index is 0.925. The van der Waals surface area contributed by atoms with Gasteiger partial charge < -0.3 is 4.74 Å². The third-order valence-electron chi connectivity index (χ3n) is 2.13. The van der Waals surface area contributed by atoms with Crippen LogP contribution in [0.15, 0.2) is 24.3 Å². The van der Waals surface area contributed by atoms with Gasteiger partial charge in [-0.3, -0.25) is 0 Å². The van der Waals surface area contributed by atoms with E-state index in [0.29, 0.717) is 0 Å². The third kappa shape index (κ3) is 2.05. The van der Waals surface area contributed by atoms with Gasteiger partial charge in [0.2, 0.25) is 0 Å². The fourth-order valence-electron chi connectivity index (χ4n) is 1.46. The highest BCUT2D eigenvalue weighted by molar-refractivity contribution is 14.1. The summed E-state index contributed by atoms with van der Waals surface area (Å²) in [5, 5.41) is 0.